The Hall–Kier alpha value is -1.03. The summed E-state index contributed by atoms with van der Waals surface area (Å²) < 4.78 is 5.55. The summed E-state index contributed by atoms with van der Waals surface area (Å²) in [7, 11) is 0. The molecule has 1 N–H and O–H groups in total. The van der Waals surface area contributed by atoms with Gasteiger partial charge in [0.2, 0.25) is 0 Å². The molecule has 0 aromatic heterocycles. The highest BCUT2D eigenvalue weighted by molar-refractivity contribution is 9.09. The second-order valence-corrected chi connectivity index (χ2v) is 6.71. The number of carbonyl (C=O) groups excluding carboxylic acids is 1. The SMILES string of the molecule is O=Cc1ccc(OCCCCCCCCCCCCBr)c(O)c1. The lowest BCUT2D eigenvalue weighted by molar-refractivity contribution is 0.112. The number of hydrogen-bond donors (Lipinski definition) is 1. The van der Waals surface area contributed by atoms with Crippen LogP contribution in [0.4, 0.5) is 0 Å². The number of aldehydes is 1. The lowest BCUT2D eigenvalue weighted by atomic mass is 10.1. The minimum absolute atomic E-state index is 0.0366. The van der Waals surface area contributed by atoms with Gasteiger partial charge < -0.3 is 9.84 Å². The molecular weight excluding hydrogens is 356 g/mol. The monoisotopic (exact) mass is 384 g/mol. The molecule has 0 unspecified atom stereocenters. The molecule has 0 fully saturated rings. The van der Waals surface area contributed by atoms with E-state index in [0.29, 0.717) is 24.2 Å². The Bertz CT molecular complexity index is 435. The molecule has 4 heteroatoms. The van der Waals surface area contributed by atoms with E-state index in [1.54, 1.807) is 12.1 Å². The highest BCUT2D eigenvalue weighted by atomic mass is 79.9. The van der Waals surface area contributed by atoms with Gasteiger partial charge in [0.05, 0.1) is 6.61 Å². The van der Waals surface area contributed by atoms with Gasteiger partial charge in [-0.05, 0) is 31.0 Å². The first kappa shape index (κ1) is 20.0. The van der Waals surface area contributed by atoms with Crippen molar-refractivity contribution in [2.45, 2.75) is 64.2 Å². The van der Waals surface area contributed by atoms with Crippen LogP contribution in [0.15, 0.2) is 18.2 Å². The fourth-order valence-corrected chi connectivity index (χ4v) is 2.92. The van der Waals surface area contributed by atoms with E-state index in [1.807, 2.05) is 0 Å². The summed E-state index contributed by atoms with van der Waals surface area (Å²) in [5.74, 6) is 0.494. The van der Waals surface area contributed by atoms with E-state index >= 15 is 0 Å². The topological polar surface area (TPSA) is 46.5 Å². The summed E-state index contributed by atoms with van der Waals surface area (Å²) in [6, 6.07) is 4.73. The second kappa shape index (κ2) is 13.4. The number of rotatable bonds is 14. The van der Waals surface area contributed by atoms with Crippen LogP contribution in [0.1, 0.15) is 74.6 Å². The van der Waals surface area contributed by atoms with E-state index in [0.717, 1.165) is 18.2 Å². The van der Waals surface area contributed by atoms with Crippen LogP contribution in [0.5, 0.6) is 11.5 Å². The standard InChI is InChI=1S/C19H29BrO3/c20-13-9-7-5-3-1-2-4-6-8-10-14-23-19-12-11-17(16-21)15-18(19)22/h11-12,15-16,22H,1-10,13-14H2. The number of hydrogen-bond acceptors (Lipinski definition) is 3. The van der Waals surface area contributed by atoms with E-state index in [-0.39, 0.29) is 5.75 Å². The van der Waals surface area contributed by atoms with Gasteiger partial charge in [-0.1, -0.05) is 67.3 Å². The van der Waals surface area contributed by atoms with Crippen LogP contribution in [-0.2, 0) is 0 Å². The summed E-state index contributed by atoms with van der Waals surface area (Å²) in [6.07, 6.45) is 13.5. The molecule has 0 radical (unpaired) electrons. The minimum atomic E-state index is 0.0366. The van der Waals surface area contributed by atoms with Gasteiger partial charge >= 0.3 is 0 Å². The number of carbonyl (C=O) groups is 1. The molecule has 0 aliphatic heterocycles. The highest BCUT2D eigenvalue weighted by Gasteiger charge is 2.03. The quantitative estimate of drug-likeness (QED) is 0.247. The maximum Gasteiger partial charge on any atom is 0.160 e. The van der Waals surface area contributed by atoms with Crippen molar-refractivity contribution in [3.8, 4) is 11.5 Å². The van der Waals surface area contributed by atoms with Crippen molar-refractivity contribution in [2.75, 3.05) is 11.9 Å². The molecule has 23 heavy (non-hydrogen) atoms. The number of phenolic OH excluding ortho intramolecular Hbond substituents is 1. The average molecular weight is 385 g/mol. The fourth-order valence-electron chi connectivity index (χ4n) is 2.52. The lowest BCUT2D eigenvalue weighted by Crippen LogP contribution is -1.98. The van der Waals surface area contributed by atoms with E-state index in [2.05, 4.69) is 15.9 Å². The van der Waals surface area contributed by atoms with Crippen LogP contribution >= 0.6 is 15.9 Å². The first-order valence-corrected chi connectivity index (χ1v) is 9.87. The molecule has 0 aliphatic carbocycles. The number of ether oxygens (including phenoxy) is 1. The number of halogens is 1. The summed E-state index contributed by atoms with van der Waals surface area (Å²) in [4.78, 5) is 10.6. The van der Waals surface area contributed by atoms with E-state index < -0.39 is 0 Å². The summed E-state index contributed by atoms with van der Waals surface area (Å²) in [5, 5.41) is 10.8. The van der Waals surface area contributed by atoms with E-state index in [4.69, 9.17) is 4.74 Å². The first-order valence-electron chi connectivity index (χ1n) is 8.75. The zero-order valence-corrected chi connectivity index (χ0v) is 15.5. The van der Waals surface area contributed by atoms with Crippen molar-refractivity contribution in [2.24, 2.45) is 0 Å². The largest absolute Gasteiger partial charge is 0.504 e. The lowest BCUT2D eigenvalue weighted by Gasteiger charge is -2.08. The molecule has 3 nitrogen and oxygen atoms in total. The Morgan fingerprint density at radius 2 is 1.48 bits per heavy atom. The van der Waals surface area contributed by atoms with Crippen molar-refractivity contribution in [1.82, 2.24) is 0 Å². The zero-order valence-electron chi connectivity index (χ0n) is 13.9. The van der Waals surface area contributed by atoms with E-state index in [9.17, 15) is 9.90 Å². The van der Waals surface area contributed by atoms with Crippen LogP contribution in [-0.4, -0.2) is 23.3 Å². The van der Waals surface area contributed by atoms with Gasteiger partial charge in [-0.3, -0.25) is 4.79 Å². The molecule has 1 aromatic rings. The Morgan fingerprint density at radius 1 is 0.913 bits per heavy atom. The third-order valence-electron chi connectivity index (χ3n) is 3.90. The van der Waals surface area contributed by atoms with Gasteiger partial charge in [-0.15, -0.1) is 0 Å². The van der Waals surface area contributed by atoms with Crippen LogP contribution in [0.25, 0.3) is 0 Å². The number of aromatic hydroxyl groups is 1. The summed E-state index contributed by atoms with van der Waals surface area (Å²) in [5.41, 5.74) is 0.460. The predicted octanol–water partition coefficient (Wildman–Crippen LogP) is 5.88. The van der Waals surface area contributed by atoms with Gasteiger partial charge in [0.1, 0.15) is 6.29 Å². The van der Waals surface area contributed by atoms with Crippen molar-refractivity contribution in [3.05, 3.63) is 23.8 Å². The maximum absolute atomic E-state index is 10.6. The summed E-state index contributed by atoms with van der Waals surface area (Å²) >= 11 is 3.46. The Labute approximate surface area is 148 Å². The molecule has 0 saturated heterocycles. The molecule has 0 heterocycles. The molecule has 1 rings (SSSR count). The molecule has 0 bridgehead atoms. The first-order chi connectivity index (χ1) is 11.3. The normalized spacial score (nSPS) is 10.7. The molecule has 0 saturated carbocycles. The number of unbranched alkanes of at least 4 members (excludes halogenated alkanes) is 9. The average Bonchev–Trinajstić information content (AvgIpc) is 2.57. The van der Waals surface area contributed by atoms with Gasteiger partial charge in [0.25, 0.3) is 0 Å². The molecule has 130 valence electrons. The van der Waals surface area contributed by atoms with Crippen LogP contribution in [0, 0.1) is 0 Å². The molecule has 0 amide bonds. The zero-order chi connectivity index (χ0) is 16.8. The number of phenols is 1. The fraction of sp³-hybridized carbons (Fsp3) is 0.632. The van der Waals surface area contributed by atoms with Crippen LogP contribution < -0.4 is 4.74 Å². The van der Waals surface area contributed by atoms with Gasteiger partial charge in [-0.25, -0.2) is 0 Å². The molecule has 1 aromatic carbocycles. The molecule has 0 atom stereocenters. The van der Waals surface area contributed by atoms with Gasteiger partial charge in [0, 0.05) is 10.9 Å². The minimum Gasteiger partial charge on any atom is -0.504 e. The van der Waals surface area contributed by atoms with Crippen molar-refractivity contribution in [3.63, 3.8) is 0 Å². The van der Waals surface area contributed by atoms with Gasteiger partial charge in [0.15, 0.2) is 11.5 Å². The Balaban J connectivity index is 1.94. The number of alkyl halides is 1. The molecule has 0 aliphatic rings. The Morgan fingerprint density at radius 3 is 2.00 bits per heavy atom. The molecular formula is C19H29BrO3. The second-order valence-electron chi connectivity index (χ2n) is 5.92. The number of benzene rings is 1. The third-order valence-corrected chi connectivity index (χ3v) is 4.47. The predicted molar refractivity (Wildman–Crippen MR) is 99.0 cm³/mol. The van der Waals surface area contributed by atoms with Gasteiger partial charge in [-0.2, -0.15) is 0 Å². The smallest absolute Gasteiger partial charge is 0.160 e. The highest BCUT2D eigenvalue weighted by Crippen LogP contribution is 2.26. The maximum atomic E-state index is 10.6. The Kier molecular flexibility index (Phi) is 11.7. The van der Waals surface area contributed by atoms with E-state index in [1.165, 1.54) is 57.4 Å². The van der Waals surface area contributed by atoms with Crippen molar-refractivity contribution < 1.29 is 14.6 Å². The molecule has 0 spiro atoms. The third kappa shape index (κ3) is 9.65. The van der Waals surface area contributed by atoms with Crippen molar-refractivity contribution >= 4 is 22.2 Å². The van der Waals surface area contributed by atoms with Crippen LogP contribution in [0.3, 0.4) is 0 Å². The van der Waals surface area contributed by atoms with Crippen molar-refractivity contribution in [1.29, 1.82) is 0 Å². The van der Waals surface area contributed by atoms with Crippen LogP contribution in [0.2, 0.25) is 0 Å². The summed E-state index contributed by atoms with van der Waals surface area (Å²) in [6.45, 7) is 0.612.